The Morgan fingerprint density at radius 3 is 2.46 bits per heavy atom. The van der Waals surface area contributed by atoms with Crippen LogP contribution in [-0.2, 0) is 6.54 Å². The summed E-state index contributed by atoms with van der Waals surface area (Å²) in [6.45, 7) is -1.18. The van der Waals surface area contributed by atoms with Crippen molar-refractivity contribution in [2.24, 2.45) is 0 Å². The van der Waals surface area contributed by atoms with Crippen LogP contribution in [0.2, 0.25) is 0 Å². The second-order valence-corrected chi connectivity index (χ2v) is 5.56. The first-order valence-corrected chi connectivity index (χ1v) is 7.50. The highest BCUT2D eigenvalue weighted by Gasteiger charge is 2.29. The van der Waals surface area contributed by atoms with E-state index >= 15 is 0 Å². The van der Waals surface area contributed by atoms with Crippen LogP contribution in [0.15, 0.2) is 48.5 Å². The first-order chi connectivity index (χ1) is 11.4. The van der Waals surface area contributed by atoms with E-state index in [0.29, 0.717) is 22.3 Å². The molecule has 1 aromatic heterocycles. The average molecular weight is 350 g/mol. The van der Waals surface area contributed by atoms with Crippen molar-refractivity contribution in [2.45, 2.75) is 12.7 Å². The predicted octanol–water partition coefficient (Wildman–Crippen LogP) is 5.00. The summed E-state index contributed by atoms with van der Waals surface area (Å²) >= 11 is 5.12. The summed E-state index contributed by atoms with van der Waals surface area (Å²) in [6.07, 6.45) is -4.39. The summed E-state index contributed by atoms with van der Waals surface area (Å²) in [7, 11) is 1.50. The van der Waals surface area contributed by atoms with Crippen molar-refractivity contribution in [1.82, 2.24) is 9.55 Å². The van der Waals surface area contributed by atoms with Crippen LogP contribution in [-0.4, -0.2) is 22.8 Å². The minimum Gasteiger partial charge on any atom is -0.497 e. The van der Waals surface area contributed by atoms with E-state index in [1.54, 1.807) is 18.2 Å². The lowest BCUT2D eigenvalue weighted by Gasteiger charge is -2.16. The van der Waals surface area contributed by atoms with Crippen molar-refractivity contribution in [3.8, 4) is 17.0 Å². The Balaban J connectivity index is 2.34. The monoisotopic (exact) mass is 350 g/mol. The third-order valence-corrected chi connectivity index (χ3v) is 3.88. The zero-order chi connectivity index (χ0) is 17.3. The molecular weight excluding hydrogens is 337 g/mol. The lowest BCUT2D eigenvalue weighted by atomic mass is 10.1. The van der Waals surface area contributed by atoms with Gasteiger partial charge in [0.2, 0.25) is 4.77 Å². The van der Waals surface area contributed by atoms with Gasteiger partial charge in [0.15, 0.2) is 0 Å². The largest absolute Gasteiger partial charge is 0.497 e. The van der Waals surface area contributed by atoms with Crippen LogP contribution in [0.3, 0.4) is 0 Å². The molecule has 0 amide bonds. The molecule has 124 valence electrons. The first kappa shape index (κ1) is 16.4. The van der Waals surface area contributed by atoms with Crippen molar-refractivity contribution in [2.75, 3.05) is 7.11 Å². The third-order valence-electron chi connectivity index (χ3n) is 3.57. The van der Waals surface area contributed by atoms with Gasteiger partial charge in [-0.25, -0.2) is 4.98 Å². The molecular formula is C17H13F3N2OS. The van der Waals surface area contributed by atoms with Gasteiger partial charge in [0.05, 0.1) is 18.3 Å². The third kappa shape index (κ3) is 3.26. The molecule has 0 radical (unpaired) electrons. The molecule has 24 heavy (non-hydrogen) atoms. The van der Waals surface area contributed by atoms with Gasteiger partial charge in [-0.3, -0.25) is 0 Å². The highest BCUT2D eigenvalue weighted by atomic mass is 32.1. The lowest BCUT2D eigenvalue weighted by Crippen LogP contribution is -2.19. The molecule has 0 fully saturated rings. The Morgan fingerprint density at radius 2 is 1.83 bits per heavy atom. The molecule has 3 rings (SSSR count). The van der Waals surface area contributed by atoms with Gasteiger partial charge in [0, 0.05) is 10.9 Å². The molecule has 0 bridgehead atoms. The van der Waals surface area contributed by atoms with Crippen LogP contribution in [0.4, 0.5) is 13.2 Å². The van der Waals surface area contributed by atoms with Crippen molar-refractivity contribution in [3.63, 3.8) is 0 Å². The van der Waals surface area contributed by atoms with Gasteiger partial charge in [0.1, 0.15) is 12.3 Å². The second kappa shape index (κ2) is 6.24. The fraction of sp³-hybridized carbons (Fsp3) is 0.176. The minimum atomic E-state index is -4.39. The van der Waals surface area contributed by atoms with E-state index in [1.165, 1.54) is 7.11 Å². The molecule has 0 saturated carbocycles. The molecule has 3 aromatic rings. The number of hydrogen-bond acceptors (Lipinski definition) is 3. The fourth-order valence-electron chi connectivity index (χ4n) is 2.53. The van der Waals surface area contributed by atoms with E-state index < -0.39 is 12.7 Å². The standard InChI is InChI=1S/C17H13F3N2OS/c1-23-12-7-8-14-13(9-12)15(11-5-3-2-4-6-11)21-16(24)22(14)10-17(18,19)20/h2-9H,10H2,1H3. The maximum absolute atomic E-state index is 12.9. The fourth-order valence-corrected chi connectivity index (χ4v) is 2.79. The normalized spacial score (nSPS) is 11.7. The summed E-state index contributed by atoms with van der Waals surface area (Å²) in [4.78, 5) is 4.25. The molecule has 0 N–H and O–H groups in total. The van der Waals surface area contributed by atoms with E-state index in [1.807, 2.05) is 30.3 Å². The Morgan fingerprint density at radius 1 is 1.12 bits per heavy atom. The number of halogens is 3. The number of hydrogen-bond donors (Lipinski definition) is 0. The maximum Gasteiger partial charge on any atom is 0.406 e. The summed E-state index contributed by atoms with van der Waals surface area (Å²) in [5, 5.41) is 0.554. The summed E-state index contributed by atoms with van der Waals surface area (Å²) in [5.41, 5.74) is 1.68. The van der Waals surface area contributed by atoms with Crippen molar-refractivity contribution >= 4 is 23.1 Å². The van der Waals surface area contributed by atoms with Crippen molar-refractivity contribution in [3.05, 3.63) is 53.3 Å². The number of ether oxygens (including phenoxy) is 1. The van der Waals surface area contributed by atoms with Gasteiger partial charge in [0.25, 0.3) is 0 Å². The number of aromatic nitrogens is 2. The van der Waals surface area contributed by atoms with Gasteiger partial charge in [-0.05, 0) is 30.4 Å². The van der Waals surface area contributed by atoms with Gasteiger partial charge in [-0.1, -0.05) is 30.3 Å². The van der Waals surface area contributed by atoms with Gasteiger partial charge in [-0.2, -0.15) is 13.2 Å². The topological polar surface area (TPSA) is 27.1 Å². The molecule has 0 saturated heterocycles. The molecule has 0 aliphatic carbocycles. The SMILES string of the molecule is COc1ccc2c(c1)c(-c1ccccc1)nc(=S)n2CC(F)(F)F. The molecule has 0 aliphatic rings. The van der Waals surface area contributed by atoms with Gasteiger partial charge in [-0.15, -0.1) is 0 Å². The van der Waals surface area contributed by atoms with Crippen LogP contribution in [0, 0.1) is 4.77 Å². The van der Waals surface area contributed by atoms with Gasteiger partial charge < -0.3 is 9.30 Å². The van der Waals surface area contributed by atoms with Crippen LogP contribution < -0.4 is 4.74 Å². The number of benzene rings is 2. The first-order valence-electron chi connectivity index (χ1n) is 7.10. The van der Waals surface area contributed by atoms with Crippen LogP contribution >= 0.6 is 12.2 Å². The Kier molecular flexibility index (Phi) is 4.28. The number of alkyl halides is 3. The van der Waals surface area contributed by atoms with Crippen molar-refractivity contribution < 1.29 is 17.9 Å². The second-order valence-electron chi connectivity index (χ2n) is 5.19. The van der Waals surface area contributed by atoms with E-state index in [-0.39, 0.29) is 4.77 Å². The molecule has 0 unspecified atom stereocenters. The van der Waals surface area contributed by atoms with E-state index in [0.717, 1.165) is 10.1 Å². The molecule has 7 heteroatoms. The number of nitrogens with zero attached hydrogens (tertiary/aromatic N) is 2. The summed E-state index contributed by atoms with van der Waals surface area (Å²) in [6, 6.07) is 14.1. The number of methoxy groups -OCH3 is 1. The number of rotatable bonds is 3. The number of fused-ring (bicyclic) bond motifs is 1. The smallest absolute Gasteiger partial charge is 0.406 e. The van der Waals surface area contributed by atoms with Crippen molar-refractivity contribution in [1.29, 1.82) is 0 Å². The molecule has 3 nitrogen and oxygen atoms in total. The highest BCUT2D eigenvalue weighted by Crippen LogP contribution is 2.31. The van der Waals surface area contributed by atoms with Crippen LogP contribution in [0.1, 0.15) is 0 Å². The maximum atomic E-state index is 12.9. The Labute approximate surface area is 141 Å². The lowest BCUT2D eigenvalue weighted by molar-refractivity contribution is -0.140. The highest BCUT2D eigenvalue weighted by molar-refractivity contribution is 7.71. The minimum absolute atomic E-state index is 0.108. The van der Waals surface area contributed by atoms with Gasteiger partial charge >= 0.3 is 6.18 Å². The molecule has 1 heterocycles. The zero-order valence-corrected chi connectivity index (χ0v) is 13.5. The predicted molar refractivity (Wildman–Crippen MR) is 88.6 cm³/mol. The molecule has 0 atom stereocenters. The van der Waals surface area contributed by atoms with E-state index in [2.05, 4.69) is 4.98 Å². The molecule has 0 spiro atoms. The van der Waals surface area contributed by atoms with Crippen LogP contribution in [0.25, 0.3) is 22.2 Å². The van der Waals surface area contributed by atoms with E-state index in [4.69, 9.17) is 17.0 Å². The van der Waals surface area contributed by atoms with E-state index in [9.17, 15) is 13.2 Å². The molecule has 0 aliphatic heterocycles. The summed E-state index contributed by atoms with van der Waals surface area (Å²) < 4.78 is 44.8. The summed E-state index contributed by atoms with van der Waals surface area (Å²) in [5.74, 6) is 0.539. The quantitative estimate of drug-likeness (QED) is 0.622. The zero-order valence-electron chi connectivity index (χ0n) is 12.7. The molecule has 2 aromatic carbocycles. The average Bonchev–Trinajstić information content (AvgIpc) is 2.56. The van der Waals surface area contributed by atoms with Crippen LogP contribution in [0.5, 0.6) is 5.75 Å². The Bertz CT molecular complexity index is 936. The Hall–Kier alpha value is -2.41.